The van der Waals surface area contributed by atoms with E-state index in [4.69, 9.17) is 23.2 Å². The van der Waals surface area contributed by atoms with Crippen LogP contribution in [0, 0.1) is 0 Å². The number of carbonyl (C=O) groups is 1. The molecule has 0 spiro atoms. The van der Waals surface area contributed by atoms with Crippen molar-refractivity contribution in [2.24, 2.45) is 0 Å². The Labute approximate surface area is 161 Å². The molecule has 1 amide bonds. The highest BCUT2D eigenvalue weighted by atomic mass is 35.5. The van der Waals surface area contributed by atoms with E-state index in [1.54, 1.807) is 17.8 Å². The topological polar surface area (TPSA) is 29.1 Å². The molecule has 3 aromatic rings. The zero-order valence-electron chi connectivity index (χ0n) is 13.5. The third-order valence-electron chi connectivity index (χ3n) is 3.76. The van der Waals surface area contributed by atoms with Crippen molar-refractivity contribution in [2.75, 3.05) is 11.1 Å². The average molecular weight is 390 g/mol. The summed E-state index contributed by atoms with van der Waals surface area (Å²) in [6.07, 6.45) is 0.471. The van der Waals surface area contributed by atoms with E-state index >= 15 is 0 Å². The minimum atomic E-state index is 0.0249. The first-order chi connectivity index (χ1) is 12.1. The standard InChI is InChI=1S/C20H17Cl2NOS/c21-18-8-5-14(11-19(18)22)13-25-10-9-20(24)23-17-7-6-15-3-1-2-4-16(15)12-17/h1-8,11-12H,9-10,13H2,(H,23,24). The Bertz CT molecular complexity index is 898. The van der Waals surface area contributed by atoms with Crippen molar-refractivity contribution in [1.82, 2.24) is 0 Å². The molecule has 0 saturated heterocycles. The molecule has 25 heavy (non-hydrogen) atoms. The molecule has 0 radical (unpaired) electrons. The maximum Gasteiger partial charge on any atom is 0.225 e. The van der Waals surface area contributed by atoms with Crippen LogP contribution in [0.25, 0.3) is 10.8 Å². The predicted molar refractivity (Wildman–Crippen MR) is 110 cm³/mol. The SMILES string of the molecule is O=C(CCSCc1ccc(Cl)c(Cl)c1)Nc1ccc2ccccc2c1. The Kier molecular flexibility index (Phi) is 6.24. The van der Waals surface area contributed by atoms with Gasteiger partial charge < -0.3 is 5.32 Å². The van der Waals surface area contributed by atoms with Crippen LogP contribution in [0.5, 0.6) is 0 Å². The summed E-state index contributed by atoms with van der Waals surface area (Å²) < 4.78 is 0. The summed E-state index contributed by atoms with van der Waals surface area (Å²) in [5, 5.41) is 6.37. The van der Waals surface area contributed by atoms with Crippen molar-refractivity contribution >= 4 is 57.3 Å². The molecule has 0 heterocycles. The smallest absolute Gasteiger partial charge is 0.225 e. The van der Waals surface area contributed by atoms with E-state index in [1.807, 2.05) is 48.5 Å². The number of anilines is 1. The molecular weight excluding hydrogens is 373 g/mol. The first kappa shape index (κ1) is 18.1. The van der Waals surface area contributed by atoms with Crippen molar-refractivity contribution in [3.8, 4) is 0 Å². The molecule has 0 atom stereocenters. The number of rotatable bonds is 6. The van der Waals surface area contributed by atoms with Gasteiger partial charge in [0.2, 0.25) is 5.91 Å². The lowest BCUT2D eigenvalue weighted by molar-refractivity contribution is -0.115. The van der Waals surface area contributed by atoms with Crippen LogP contribution >= 0.6 is 35.0 Å². The summed E-state index contributed by atoms with van der Waals surface area (Å²) >= 11 is 13.6. The van der Waals surface area contributed by atoms with Gasteiger partial charge in [-0.3, -0.25) is 4.79 Å². The van der Waals surface area contributed by atoms with Crippen LogP contribution in [0.4, 0.5) is 5.69 Å². The summed E-state index contributed by atoms with van der Waals surface area (Å²) in [6, 6.07) is 19.7. The van der Waals surface area contributed by atoms with E-state index in [2.05, 4.69) is 11.4 Å². The van der Waals surface area contributed by atoms with Crippen LogP contribution in [0.2, 0.25) is 10.0 Å². The maximum absolute atomic E-state index is 12.1. The highest BCUT2D eigenvalue weighted by Crippen LogP contribution is 2.25. The predicted octanol–water partition coefficient (Wildman–Crippen LogP) is 6.41. The van der Waals surface area contributed by atoms with E-state index in [-0.39, 0.29) is 5.91 Å². The number of hydrogen-bond donors (Lipinski definition) is 1. The number of hydrogen-bond acceptors (Lipinski definition) is 2. The lowest BCUT2D eigenvalue weighted by Gasteiger charge is -2.07. The van der Waals surface area contributed by atoms with Gasteiger partial charge >= 0.3 is 0 Å². The third kappa shape index (κ3) is 5.15. The molecule has 1 N–H and O–H groups in total. The first-order valence-electron chi connectivity index (χ1n) is 7.92. The van der Waals surface area contributed by atoms with E-state index in [0.717, 1.165) is 33.5 Å². The second kappa shape index (κ2) is 8.61. The van der Waals surface area contributed by atoms with Gasteiger partial charge in [0, 0.05) is 23.6 Å². The summed E-state index contributed by atoms with van der Waals surface area (Å²) in [5.74, 6) is 1.58. The molecule has 0 saturated carbocycles. The molecule has 0 aromatic heterocycles. The largest absolute Gasteiger partial charge is 0.326 e. The van der Waals surface area contributed by atoms with E-state index in [0.29, 0.717) is 16.5 Å². The Hall–Kier alpha value is -1.68. The summed E-state index contributed by atoms with van der Waals surface area (Å²) in [7, 11) is 0. The van der Waals surface area contributed by atoms with Gasteiger partial charge in [-0.2, -0.15) is 11.8 Å². The Morgan fingerprint density at radius 3 is 2.52 bits per heavy atom. The molecule has 0 bridgehead atoms. The molecular formula is C20H17Cl2NOS. The van der Waals surface area contributed by atoms with Gasteiger partial charge in [-0.15, -0.1) is 0 Å². The van der Waals surface area contributed by atoms with Gasteiger partial charge in [0.05, 0.1) is 10.0 Å². The van der Waals surface area contributed by atoms with Crippen molar-refractivity contribution in [2.45, 2.75) is 12.2 Å². The Morgan fingerprint density at radius 2 is 1.72 bits per heavy atom. The number of benzene rings is 3. The van der Waals surface area contributed by atoms with Gasteiger partial charge in [0.25, 0.3) is 0 Å². The number of halogens is 2. The molecule has 5 heteroatoms. The van der Waals surface area contributed by atoms with Crippen LogP contribution in [-0.2, 0) is 10.5 Å². The zero-order chi connectivity index (χ0) is 17.6. The molecule has 0 aliphatic carbocycles. The van der Waals surface area contributed by atoms with Crippen LogP contribution in [0.1, 0.15) is 12.0 Å². The monoisotopic (exact) mass is 389 g/mol. The fourth-order valence-corrected chi connectivity index (χ4v) is 3.68. The number of thioether (sulfide) groups is 1. The van der Waals surface area contributed by atoms with Crippen LogP contribution in [0.15, 0.2) is 60.7 Å². The molecule has 0 unspecified atom stereocenters. The first-order valence-corrected chi connectivity index (χ1v) is 9.83. The molecule has 128 valence electrons. The quantitative estimate of drug-likeness (QED) is 0.493. The van der Waals surface area contributed by atoms with Crippen molar-refractivity contribution in [3.05, 3.63) is 76.3 Å². The fraction of sp³-hybridized carbons (Fsp3) is 0.150. The fourth-order valence-electron chi connectivity index (χ4n) is 2.47. The molecule has 3 aromatic carbocycles. The minimum Gasteiger partial charge on any atom is -0.326 e. The van der Waals surface area contributed by atoms with E-state index < -0.39 is 0 Å². The number of nitrogens with one attached hydrogen (secondary N) is 1. The molecule has 0 aliphatic heterocycles. The highest BCUT2D eigenvalue weighted by molar-refractivity contribution is 7.98. The van der Waals surface area contributed by atoms with Crippen molar-refractivity contribution < 1.29 is 4.79 Å². The average Bonchev–Trinajstić information content (AvgIpc) is 2.61. The van der Waals surface area contributed by atoms with E-state index in [9.17, 15) is 4.79 Å². The molecule has 2 nitrogen and oxygen atoms in total. The Morgan fingerprint density at radius 1 is 0.920 bits per heavy atom. The lowest BCUT2D eigenvalue weighted by atomic mass is 10.1. The molecule has 0 fully saturated rings. The molecule has 3 rings (SSSR count). The second-order valence-electron chi connectivity index (χ2n) is 5.66. The molecule has 0 aliphatic rings. The lowest BCUT2D eigenvalue weighted by Crippen LogP contribution is -2.12. The van der Waals surface area contributed by atoms with Crippen LogP contribution in [-0.4, -0.2) is 11.7 Å². The maximum atomic E-state index is 12.1. The van der Waals surface area contributed by atoms with Crippen LogP contribution < -0.4 is 5.32 Å². The van der Waals surface area contributed by atoms with Gasteiger partial charge in [-0.05, 0) is 40.6 Å². The third-order valence-corrected chi connectivity index (χ3v) is 5.53. The van der Waals surface area contributed by atoms with Crippen molar-refractivity contribution in [1.29, 1.82) is 0 Å². The summed E-state index contributed by atoms with van der Waals surface area (Å²) in [4.78, 5) is 12.1. The van der Waals surface area contributed by atoms with E-state index in [1.165, 1.54) is 0 Å². The number of amides is 1. The van der Waals surface area contributed by atoms with Gasteiger partial charge in [-0.25, -0.2) is 0 Å². The van der Waals surface area contributed by atoms with Crippen LogP contribution in [0.3, 0.4) is 0 Å². The minimum absolute atomic E-state index is 0.0249. The summed E-state index contributed by atoms with van der Waals surface area (Å²) in [5.41, 5.74) is 1.94. The number of carbonyl (C=O) groups excluding carboxylic acids is 1. The van der Waals surface area contributed by atoms with Gasteiger partial charge in [0.1, 0.15) is 0 Å². The van der Waals surface area contributed by atoms with Crippen molar-refractivity contribution in [3.63, 3.8) is 0 Å². The summed E-state index contributed by atoms with van der Waals surface area (Å²) in [6.45, 7) is 0. The normalized spacial score (nSPS) is 10.8. The zero-order valence-corrected chi connectivity index (χ0v) is 15.8. The second-order valence-corrected chi connectivity index (χ2v) is 7.58. The Balaban J connectivity index is 1.46. The highest BCUT2D eigenvalue weighted by Gasteiger charge is 2.04. The number of fused-ring (bicyclic) bond motifs is 1. The van der Waals surface area contributed by atoms with Gasteiger partial charge in [-0.1, -0.05) is 59.6 Å². The van der Waals surface area contributed by atoms with Gasteiger partial charge in [0.15, 0.2) is 0 Å².